The first-order chi connectivity index (χ1) is 11.1. The Morgan fingerprint density at radius 1 is 1.13 bits per heavy atom. The second-order valence-electron chi connectivity index (χ2n) is 5.74. The molecule has 23 heavy (non-hydrogen) atoms. The zero-order valence-corrected chi connectivity index (χ0v) is 12.7. The average Bonchev–Trinajstić information content (AvgIpc) is 3.36. The van der Waals surface area contributed by atoms with Crippen LogP contribution in [-0.2, 0) is 4.79 Å². The topological polar surface area (TPSA) is 81.9 Å². The molecule has 5 heteroatoms. The largest absolute Gasteiger partial charge is 0.504 e. The molecular formula is C18H18N2O3. The van der Waals surface area contributed by atoms with Crippen molar-refractivity contribution in [2.24, 2.45) is 11.0 Å². The molecule has 0 bridgehead atoms. The van der Waals surface area contributed by atoms with Gasteiger partial charge in [0.2, 0.25) is 5.91 Å². The summed E-state index contributed by atoms with van der Waals surface area (Å²) in [6.07, 6.45) is 0.838. The molecule has 2 aromatic carbocycles. The fraction of sp³-hybridized carbons (Fsp3) is 0.222. The zero-order valence-electron chi connectivity index (χ0n) is 12.7. The summed E-state index contributed by atoms with van der Waals surface area (Å²) < 4.78 is 0. The van der Waals surface area contributed by atoms with E-state index in [2.05, 4.69) is 10.5 Å². The van der Waals surface area contributed by atoms with Gasteiger partial charge in [-0.15, -0.1) is 0 Å². The number of phenols is 2. The quantitative estimate of drug-likeness (QED) is 0.461. The van der Waals surface area contributed by atoms with E-state index in [1.54, 1.807) is 13.0 Å². The number of aromatic hydroxyl groups is 2. The van der Waals surface area contributed by atoms with Crippen LogP contribution in [-0.4, -0.2) is 21.8 Å². The van der Waals surface area contributed by atoms with E-state index in [4.69, 9.17) is 0 Å². The Morgan fingerprint density at radius 2 is 1.87 bits per heavy atom. The molecule has 1 saturated carbocycles. The standard InChI is InChI=1S/C18H18N2O3/c1-11(13-7-8-16(21)17(22)9-13)19-20-18(23)15-10-14(15)12-5-3-2-4-6-12/h2-9,14-15,21-22H,10H2,1H3,(H,20,23)/b19-11-/t14-,15-/m1/s1. The number of carbonyl (C=O) groups is 1. The number of hydrogen-bond donors (Lipinski definition) is 3. The van der Waals surface area contributed by atoms with Crippen molar-refractivity contribution >= 4 is 11.6 Å². The highest BCUT2D eigenvalue weighted by atomic mass is 16.3. The average molecular weight is 310 g/mol. The molecule has 0 heterocycles. The third kappa shape index (κ3) is 3.34. The fourth-order valence-corrected chi connectivity index (χ4v) is 2.59. The van der Waals surface area contributed by atoms with Crippen molar-refractivity contribution in [2.75, 3.05) is 0 Å². The maximum Gasteiger partial charge on any atom is 0.243 e. The lowest BCUT2D eigenvalue weighted by Gasteiger charge is -2.04. The van der Waals surface area contributed by atoms with Crippen molar-refractivity contribution in [1.29, 1.82) is 0 Å². The molecule has 2 atom stereocenters. The van der Waals surface area contributed by atoms with Gasteiger partial charge in [0.25, 0.3) is 0 Å². The summed E-state index contributed by atoms with van der Waals surface area (Å²) in [4.78, 5) is 12.1. The van der Waals surface area contributed by atoms with E-state index in [-0.39, 0.29) is 29.2 Å². The van der Waals surface area contributed by atoms with Gasteiger partial charge in [-0.2, -0.15) is 5.10 Å². The minimum atomic E-state index is -0.213. The van der Waals surface area contributed by atoms with Crippen molar-refractivity contribution < 1.29 is 15.0 Å². The summed E-state index contributed by atoms with van der Waals surface area (Å²) in [5, 5.41) is 22.9. The molecule has 3 N–H and O–H groups in total. The molecule has 2 aromatic rings. The molecule has 0 aromatic heterocycles. The highest BCUT2D eigenvalue weighted by Crippen LogP contribution is 2.47. The molecule has 0 saturated heterocycles. The normalized spacial score (nSPS) is 20.1. The van der Waals surface area contributed by atoms with Crippen LogP contribution >= 0.6 is 0 Å². The van der Waals surface area contributed by atoms with Crippen molar-refractivity contribution in [3.8, 4) is 11.5 Å². The van der Waals surface area contributed by atoms with E-state index < -0.39 is 0 Å². The predicted molar refractivity (Wildman–Crippen MR) is 87.4 cm³/mol. The third-order valence-electron chi connectivity index (χ3n) is 4.08. The molecule has 1 aliphatic rings. The summed E-state index contributed by atoms with van der Waals surface area (Å²) >= 11 is 0. The minimum Gasteiger partial charge on any atom is -0.504 e. The van der Waals surface area contributed by atoms with Gasteiger partial charge >= 0.3 is 0 Å². The van der Waals surface area contributed by atoms with Gasteiger partial charge < -0.3 is 10.2 Å². The van der Waals surface area contributed by atoms with Gasteiger partial charge in [-0.3, -0.25) is 4.79 Å². The SMILES string of the molecule is C/C(=N/NC(=O)[C@@H]1C[C@@H]1c1ccccc1)c1ccc(O)c(O)c1. The van der Waals surface area contributed by atoms with Gasteiger partial charge in [-0.05, 0) is 43.0 Å². The Balaban J connectivity index is 1.61. The Morgan fingerprint density at radius 3 is 2.57 bits per heavy atom. The van der Waals surface area contributed by atoms with Crippen molar-refractivity contribution in [2.45, 2.75) is 19.3 Å². The van der Waals surface area contributed by atoms with Gasteiger partial charge in [0.05, 0.1) is 5.71 Å². The van der Waals surface area contributed by atoms with E-state index in [1.165, 1.54) is 17.7 Å². The van der Waals surface area contributed by atoms with Crippen LogP contribution in [0.25, 0.3) is 0 Å². The summed E-state index contributed by atoms with van der Waals surface area (Å²) in [5.41, 5.74) is 4.96. The van der Waals surface area contributed by atoms with Gasteiger partial charge in [-0.25, -0.2) is 5.43 Å². The van der Waals surface area contributed by atoms with Crippen molar-refractivity contribution in [3.63, 3.8) is 0 Å². The molecule has 0 radical (unpaired) electrons. The molecule has 1 amide bonds. The van der Waals surface area contributed by atoms with Gasteiger partial charge in [0.15, 0.2) is 11.5 Å². The lowest BCUT2D eigenvalue weighted by molar-refractivity contribution is -0.122. The van der Waals surface area contributed by atoms with E-state index in [1.807, 2.05) is 30.3 Å². The van der Waals surface area contributed by atoms with Crippen LogP contribution in [0.5, 0.6) is 11.5 Å². The Bertz CT molecular complexity index is 756. The monoisotopic (exact) mass is 310 g/mol. The zero-order chi connectivity index (χ0) is 16.4. The van der Waals surface area contributed by atoms with E-state index >= 15 is 0 Å². The molecule has 0 unspecified atom stereocenters. The third-order valence-corrected chi connectivity index (χ3v) is 4.08. The maximum atomic E-state index is 12.1. The van der Waals surface area contributed by atoms with Crippen LogP contribution in [0, 0.1) is 5.92 Å². The summed E-state index contributed by atoms with van der Waals surface area (Å²) in [6, 6.07) is 14.4. The molecule has 1 aliphatic carbocycles. The molecule has 0 aliphatic heterocycles. The first-order valence-corrected chi connectivity index (χ1v) is 7.47. The molecule has 5 nitrogen and oxygen atoms in total. The minimum absolute atomic E-state index is 0.0397. The van der Waals surface area contributed by atoms with Gasteiger partial charge in [0, 0.05) is 11.5 Å². The van der Waals surface area contributed by atoms with E-state index in [9.17, 15) is 15.0 Å². The van der Waals surface area contributed by atoms with Crippen LogP contribution in [0.3, 0.4) is 0 Å². The van der Waals surface area contributed by atoms with Gasteiger partial charge in [-0.1, -0.05) is 30.3 Å². The van der Waals surface area contributed by atoms with Crippen LogP contribution in [0.2, 0.25) is 0 Å². The maximum absolute atomic E-state index is 12.1. The van der Waals surface area contributed by atoms with E-state index in [0.717, 1.165) is 6.42 Å². The molecule has 118 valence electrons. The Kier molecular flexibility index (Phi) is 4.02. The smallest absolute Gasteiger partial charge is 0.243 e. The highest BCUT2D eigenvalue weighted by Gasteiger charge is 2.43. The number of rotatable bonds is 4. The highest BCUT2D eigenvalue weighted by molar-refractivity contribution is 6.00. The first kappa shape index (κ1) is 15.1. The van der Waals surface area contributed by atoms with Crippen LogP contribution in [0.15, 0.2) is 53.6 Å². The number of benzene rings is 2. The van der Waals surface area contributed by atoms with E-state index in [0.29, 0.717) is 11.3 Å². The lowest BCUT2D eigenvalue weighted by atomic mass is 10.1. The first-order valence-electron chi connectivity index (χ1n) is 7.47. The number of hydrogen-bond acceptors (Lipinski definition) is 4. The number of nitrogens with zero attached hydrogens (tertiary/aromatic N) is 1. The fourth-order valence-electron chi connectivity index (χ4n) is 2.59. The number of nitrogens with one attached hydrogen (secondary N) is 1. The second-order valence-corrected chi connectivity index (χ2v) is 5.74. The summed E-state index contributed by atoms with van der Waals surface area (Å²) in [7, 11) is 0. The lowest BCUT2D eigenvalue weighted by Crippen LogP contribution is -2.21. The van der Waals surface area contributed by atoms with Crippen molar-refractivity contribution in [3.05, 3.63) is 59.7 Å². The molecule has 0 spiro atoms. The molecular weight excluding hydrogens is 292 g/mol. The van der Waals surface area contributed by atoms with Crippen molar-refractivity contribution in [1.82, 2.24) is 5.43 Å². The van der Waals surface area contributed by atoms with Crippen LogP contribution in [0.4, 0.5) is 0 Å². The Hall–Kier alpha value is -2.82. The predicted octanol–water partition coefficient (Wildman–Crippen LogP) is 2.74. The summed E-state index contributed by atoms with van der Waals surface area (Å²) in [6.45, 7) is 1.73. The number of phenolic OH excluding ortho intramolecular Hbond substituents is 2. The van der Waals surface area contributed by atoms with Gasteiger partial charge in [0.1, 0.15) is 0 Å². The van der Waals surface area contributed by atoms with Crippen LogP contribution < -0.4 is 5.43 Å². The number of carbonyl (C=O) groups excluding carboxylic acids is 1. The summed E-state index contributed by atoms with van der Waals surface area (Å²) in [5.74, 6) is -0.267. The molecule has 1 fully saturated rings. The Labute approximate surface area is 134 Å². The second kappa shape index (κ2) is 6.12. The van der Waals surface area contributed by atoms with Crippen LogP contribution in [0.1, 0.15) is 30.4 Å². The number of amides is 1. The number of hydrazone groups is 1. The molecule has 3 rings (SSSR count).